The predicted octanol–water partition coefficient (Wildman–Crippen LogP) is 2.71. The maximum atomic E-state index is 12.3. The Labute approximate surface area is 129 Å². The van der Waals surface area contributed by atoms with E-state index in [4.69, 9.17) is 5.26 Å². The van der Waals surface area contributed by atoms with Gasteiger partial charge in [-0.25, -0.2) is 4.68 Å². The molecule has 0 atom stereocenters. The van der Waals surface area contributed by atoms with Crippen molar-refractivity contribution >= 4 is 6.21 Å². The molecule has 1 aromatic heterocycles. The summed E-state index contributed by atoms with van der Waals surface area (Å²) in [6.07, 6.45) is 5.15. The first kappa shape index (κ1) is 14.3. The lowest BCUT2D eigenvalue weighted by Crippen LogP contribution is -2.22. The van der Waals surface area contributed by atoms with E-state index in [1.807, 2.05) is 19.1 Å². The molecule has 0 amide bonds. The van der Waals surface area contributed by atoms with Crippen LogP contribution in [0.2, 0.25) is 0 Å². The van der Waals surface area contributed by atoms with Gasteiger partial charge in [0.25, 0.3) is 5.56 Å². The molecule has 0 fully saturated rings. The molecular weight excluding hydrogens is 274 g/mol. The van der Waals surface area contributed by atoms with Crippen molar-refractivity contribution in [3.8, 4) is 6.07 Å². The Kier molecular flexibility index (Phi) is 3.64. The van der Waals surface area contributed by atoms with Gasteiger partial charge < -0.3 is 0 Å². The Morgan fingerprint density at radius 3 is 2.77 bits per heavy atom. The molecule has 0 saturated heterocycles. The van der Waals surface area contributed by atoms with Crippen LogP contribution >= 0.6 is 0 Å². The van der Waals surface area contributed by atoms with E-state index in [1.54, 1.807) is 19.2 Å². The van der Waals surface area contributed by atoms with Crippen LogP contribution in [0, 0.1) is 25.2 Å². The second kappa shape index (κ2) is 5.61. The van der Waals surface area contributed by atoms with Crippen molar-refractivity contribution in [3.63, 3.8) is 0 Å². The number of hydrogen-bond donors (Lipinski definition) is 0. The summed E-state index contributed by atoms with van der Waals surface area (Å²) in [4.78, 5) is 12.3. The molecule has 4 nitrogen and oxygen atoms in total. The largest absolute Gasteiger partial charge is 0.289 e. The van der Waals surface area contributed by atoms with Crippen molar-refractivity contribution in [2.45, 2.75) is 33.1 Å². The second-order valence-electron chi connectivity index (χ2n) is 5.70. The normalized spacial score (nSPS) is 13.3. The number of fused-ring (bicyclic) bond motifs is 1. The molecule has 3 rings (SSSR count). The van der Waals surface area contributed by atoms with E-state index in [-0.39, 0.29) is 11.1 Å². The van der Waals surface area contributed by atoms with E-state index in [0.29, 0.717) is 5.56 Å². The van der Waals surface area contributed by atoms with Gasteiger partial charge in [0.2, 0.25) is 0 Å². The second-order valence-corrected chi connectivity index (χ2v) is 5.70. The van der Waals surface area contributed by atoms with E-state index in [2.05, 4.69) is 17.2 Å². The third kappa shape index (κ3) is 2.46. The molecule has 4 heteroatoms. The molecule has 1 aliphatic carbocycles. The fourth-order valence-corrected chi connectivity index (χ4v) is 2.96. The van der Waals surface area contributed by atoms with E-state index in [0.717, 1.165) is 24.1 Å². The number of nitriles is 1. The van der Waals surface area contributed by atoms with Crippen LogP contribution in [-0.4, -0.2) is 10.9 Å². The van der Waals surface area contributed by atoms with Crippen LogP contribution < -0.4 is 5.56 Å². The van der Waals surface area contributed by atoms with Gasteiger partial charge in [-0.2, -0.15) is 10.4 Å². The zero-order chi connectivity index (χ0) is 15.7. The Bertz CT molecular complexity index is 869. The zero-order valence-corrected chi connectivity index (χ0v) is 12.8. The summed E-state index contributed by atoms with van der Waals surface area (Å²) in [5.41, 5.74) is 4.95. The number of benzene rings is 1. The zero-order valence-electron chi connectivity index (χ0n) is 12.8. The summed E-state index contributed by atoms with van der Waals surface area (Å²) in [7, 11) is 0. The number of pyridine rings is 1. The molecule has 0 saturated carbocycles. The van der Waals surface area contributed by atoms with Crippen molar-refractivity contribution in [1.29, 1.82) is 5.26 Å². The third-order valence-corrected chi connectivity index (χ3v) is 4.12. The number of nitrogens with zero attached hydrogens (tertiary/aromatic N) is 3. The van der Waals surface area contributed by atoms with Gasteiger partial charge in [-0.1, -0.05) is 12.1 Å². The standard InChI is InChI=1S/C18H17N3O/c1-12-8-13(2)21(18(22)17(12)10-19)20-11-14-6-7-15-4-3-5-16(15)9-14/h6-9,11H,3-5H2,1-2H3/b20-11-. The van der Waals surface area contributed by atoms with Gasteiger partial charge in [0.15, 0.2) is 0 Å². The number of hydrogen-bond acceptors (Lipinski definition) is 3. The molecule has 1 heterocycles. The molecule has 1 aromatic carbocycles. The SMILES string of the molecule is Cc1cc(C)n(/N=C\c2ccc3c(c2)CCC3)c(=O)c1C#N. The third-order valence-electron chi connectivity index (χ3n) is 4.12. The minimum Gasteiger partial charge on any atom is -0.266 e. The van der Waals surface area contributed by atoms with Crippen LogP contribution in [-0.2, 0) is 12.8 Å². The molecular formula is C18H17N3O. The highest BCUT2D eigenvalue weighted by Crippen LogP contribution is 2.22. The Hall–Kier alpha value is -2.67. The van der Waals surface area contributed by atoms with E-state index >= 15 is 0 Å². The van der Waals surface area contributed by atoms with E-state index in [9.17, 15) is 4.79 Å². The minimum absolute atomic E-state index is 0.150. The van der Waals surface area contributed by atoms with Gasteiger partial charge in [0, 0.05) is 5.69 Å². The summed E-state index contributed by atoms with van der Waals surface area (Å²) < 4.78 is 1.29. The fourth-order valence-electron chi connectivity index (χ4n) is 2.96. The van der Waals surface area contributed by atoms with Gasteiger partial charge in [0.1, 0.15) is 11.6 Å². The van der Waals surface area contributed by atoms with Crippen LogP contribution in [0.1, 0.15) is 39.9 Å². The first-order chi connectivity index (χ1) is 10.6. The highest BCUT2D eigenvalue weighted by molar-refractivity contribution is 5.80. The first-order valence-electron chi connectivity index (χ1n) is 7.39. The van der Waals surface area contributed by atoms with Gasteiger partial charge in [-0.05, 0) is 67.5 Å². The lowest BCUT2D eigenvalue weighted by Gasteiger charge is -2.06. The monoisotopic (exact) mass is 291 g/mol. The minimum atomic E-state index is -0.364. The van der Waals surface area contributed by atoms with Gasteiger partial charge in [-0.3, -0.25) is 4.79 Å². The maximum Gasteiger partial charge on any atom is 0.289 e. The molecule has 0 spiro atoms. The average Bonchev–Trinajstić information content (AvgIpc) is 2.94. The molecule has 2 aromatic rings. The van der Waals surface area contributed by atoms with Crippen LogP contribution in [0.3, 0.4) is 0 Å². The van der Waals surface area contributed by atoms with Crippen molar-refractivity contribution < 1.29 is 0 Å². The van der Waals surface area contributed by atoms with Crippen molar-refractivity contribution in [2.75, 3.05) is 0 Å². The molecule has 110 valence electrons. The smallest absolute Gasteiger partial charge is 0.266 e. The molecule has 0 aliphatic heterocycles. The maximum absolute atomic E-state index is 12.3. The van der Waals surface area contributed by atoms with E-state index in [1.165, 1.54) is 22.2 Å². The number of rotatable bonds is 2. The lowest BCUT2D eigenvalue weighted by atomic mass is 10.1. The summed E-state index contributed by atoms with van der Waals surface area (Å²) in [5.74, 6) is 0. The van der Waals surface area contributed by atoms with Gasteiger partial charge in [0.05, 0.1) is 6.21 Å². The summed E-state index contributed by atoms with van der Waals surface area (Å²) in [5, 5.41) is 13.4. The van der Waals surface area contributed by atoms with Gasteiger partial charge >= 0.3 is 0 Å². The van der Waals surface area contributed by atoms with Crippen molar-refractivity contribution in [3.05, 3.63) is 68.1 Å². The lowest BCUT2D eigenvalue weighted by molar-refractivity contribution is 0.786. The molecule has 0 radical (unpaired) electrons. The van der Waals surface area contributed by atoms with Crippen LogP contribution in [0.5, 0.6) is 0 Å². The molecule has 0 N–H and O–H groups in total. The summed E-state index contributed by atoms with van der Waals surface area (Å²) in [6.45, 7) is 3.58. The topological polar surface area (TPSA) is 58.1 Å². The molecule has 22 heavy (non-hydrogen) atoms. The highest BCUT2D eigenvalue weighted by Gasteiger charge is 2.11. The quantitative estimate of drug-likeness (QED) is 0.799. The summed E-state index contributed by atoms with van der Waals surface area (Å²) >= 11 is 0. The Morgan fingerprint density at radius 2 is 2.00 bits per heavy atom. The van der Waals surface area contributed by atoms with Crippen molar-refractivity contribution in [2.24, 2.45) is 5.10 Å². The van der Waals surface area contributed by atoms with E-state index < -0.39 is 0 Å². The van der Waals surface area contributed by atoms with Crippen LogP contribution in [0.4, 0.5) is 0 Å². The molecule has 0 bridgehead atoms. The average molecular weight is 291 g/mol. The van der Waals surface area contributed by atoms with Crippen LogP contribution in [0.15, 0.2) is 34.2 Å². The molecule has 1 aliphatic rings. The first-order valence-corrected chi connectivity index (χ1v) is 7.39. The fraction of sp³-hybridized carbons (Fsp3) is 0.278. The number of aryl methyl sites for hydroxylation is 4. The Morgan fingerprint density at radius 1 is 1.23 bits per heavy atom. The van der Waals surface area contributed by atoms with Gasteiger partial charge in [-0.15, -0.1) is 0 Å². The predicted molar refractivity (Wildman–Crippen MR) is 86.4 cm³/mol. The van der Waals surface area contributed by atoms with Crippen LogP contribution in [0.25, 0.3) is 0 Å². The highest BCUT2D eigenvalue weighted by atomic mass is 16.1. The molecule has 0 unspecified atom stereocenters. The summed E-state index contributed by atoms with van der Waals surface area (Å²) in [6, 6.07) is 10.0. The van der Waals surface area contributed by atoms with Crippen molar-refractivity contribution in [1.82, 2.24) is 4.68 Å². The Balaban J connectivity index is 2.00. The number of aromatic nitrogens is 1.